The molecule has 0 unspecified atom stereocenters. The number of rotatable bonds is 7. The average Bonchev–Trinajstić information content (AvgIpc) is 2.53. The lowest BCUT2D eigenvalue weighted by Crippen LogP contribution is -2.44. The number of nitrogens with zero attached hydrogens (tertiary/aromatic N) is 1. The summed E-state index contributed by atoms with van der Waals surface area (Å²) < 4.78 is 5.65. The van der Waals surface area contributed by atoms with Crippen molar-refractivity contribution in [3.05, 3.63) is 29.8 Å². The zero-order valence-corrected chi connectivity index (χ0v) is 18.1. The van der Waals surface area contributed by atoms with Crippen LogP contribution in [0, 0.1) is 12.3 Å². The maximum Gasteiger partial charge on any atom is 0.225 e. The summed E-state index contributed by atoms with van der Waals surface area (Å²) in [6.07, 6.45) is 0. The Morgan fingerprint density at radius 3 is 2.16 bits per heavy atom. The van der Waals surface area contributed by atoms with Gasteiger partial charge in [0.25, 0.3) is 0 Å². The highest BCUT2D eigenvalue weighted by Gasteiger charge is 2.20. The minimum absolute atomic E-state index is 0. The third-order valence-electron chi connectivity index (χ3n) is 3.29. The summed E-state index contributed by atoms with van der Waals surface area (Å²) in [7, 11) is 1.71. The van der Waals surface area contributed by atoms with Crippen LogP contribution in [0.2, 0.25) is 0 Å². The van der Waals surface area contributed by atoms with Crippen LogP contribution in [0.1, 0.15) is 26.3 Å². The maximum atomic E-state index is 11.7. The summed E-state index contributed by atoms with van der Waals surface area (Å²) in [4.78, 5) is 15.9. The number of ether oxygens (including phenoxy) is 1. The van der Waals surface area contributed by atoms with Crippen LogP contribution in [0.3, 0.4) is 0 Å². The molecule has 0 spiro atoms. The smallest absolute Gasteiger partial charge is 0.225 e. The molecular formula is C18H31IN4O2. The lowest BCUT2D eigenvalue weighted by Gasteiger charge is -2.18. The first kappa shape index (κ1) is 23.5. The highest BCUT2D eigenvalue weighted by molar-refractivity contribution is 14.0. The van der Waals surface area contributed by atoms with E-state index < -0.39 is 0 Å². The van der Waals surface area contributed by atoms with E-state index in [0.717, 1.165) is 5.75 Å². The van der Waals surface area contributed by atoms with Crippen LogP contribution in [-0.2, 0) is 4.79 Å². The normalized spacial score (nSPS) is 11.3. The number of nitrogens with one attached hydrogen (secondary N) is 3. The fourth-order valence-corrected chi connectivity index (χ4v) is 1.82. The minimum atomic E-state index is -0.368. The lowest BCUT2D eigenvalue weighted by molar-refractivity contribution is -0.128. The van der Waals surface area contributed by atoms with E-state index in [4.69, 9.17) is 4.74 Å². The second-order valence-electron chi connectivity index (χ2n) is 6.59. The Morgan fingerprint density at radius 2 is 1.60 bits per heavy atom. The van der Waals surface area contributed by atoms with E-state index in [0.29, 0.717) is 32.2 Å². The molecule has 0 saturated carbocycles. The van der Waals surface area contributed by atoms with Gasteiger partial charge in [-0.05, 0) is 19.1 Å². The molecular weight excluding hydrogens is 431 g/mol. The van der Waals surface area contributed by atoms with Crippen molar-refractivity contribution in [3.63, 3.8) is 0 Å². The summed E-state index contributed by atoms with van der Waals surface area (Å²) in [5.41, 5.74) is 0.844. The zero-order chi connectivity index (χ0) is 18.0. The molecule has 25 heavy (non-hydrogen) atoms. The molecule has 1 aromatic carbocycles. The molecule has 3 N–H and O–H groups in total. The van der Waals surface area contributed by atoms with E-state index in [1.165, 1.54) is 5.56 Å². The van der Waals surface area contributed by atoms with Gasteiger partial charge in [-0.25, -0.2) is 0 Å². The number of halogens is 1. The van der Waals surface area contributed by atoms with Crippen molar-refractivity contribution in [2.45, 2.75) is 27.7 Å². The highest BCUT2D eigenvalue weighted by Crippen LogP contribution is 2.12. The van der Waals surface area contributed by atoms with Gasteiger partial charge in [-0.3, -0.25) is 9.79 Å². The molecule has 0 saturated heterocycles. The van der Waals surface area contributed by atoms with E-state index in [2.05, 4.69) is 20.9 Å². The molecule has 1 rings (SSSR count). The average molecular weight is 462 g/mol. The molecule has 7 heteroatoms. The van der Waals surface area contributed by atoms with Gasteiger partial charge in [-0.2, -0.15) is 0 Å². The number of hydrogen-bond donors (Lipinski definition) is 3. The van der Waals surface area contributed by atoms with Crippen LogP contribution < -0.4 is 20.7 Å². The van der Waals surface area contributed by atoms with E-state index in [1.54, 1.807) is 7.05 Å². The van der Waals surface area contributed by atoms with Gasteiger partial charge in [0.2, 0.25) is 5.91 Å². The Labute approximate surface area is 168 Å². The molecule has 0 heterocycles. The first-order valence-electron chi connectivity index (χ1n) is 8.25. The Morgan fingerprint density at radius 1 is 1.04 bits per heavy atom. The molecule has 0 bridgehead atoms. The molecule has 0 aliphatic carbocycles. The fourth-order valence-electron chi connectivity index (χ4n) is 1.82. The van der Waals surface area contributed by atoms with Crippen LogP contribution in [0.5, 0.6) is 5.75 Å². The molecule has 142 valence electrons. The van der Waals surface area contributed by atoms with E-state index >= 15 is 0 Å². The summed E-state index contributed by atoms with van der Waals surface area (Å²) in [5.74, 6) is 1.58. The standard InChI is InChI=1S/C18H30N4O2.HI/c1-14-6-8-15(9-7-14)24-13-12-22-17(19-5)21-11-10-20-16(23)18(2,3)4;/h6-9H,10-13H2,1-5H3,(H,20,23)(H2,19,21,22);1H. The van der Waals surface area contributed by atoms with Crippen LogP contribution in [0.25, 0.3) is 0 Å². The first-order chi connectivity index (χ1) is 11.3. The summed E-state index contributed by atoms with van der Waals surface area (Å²) >= 11 is 0. The maximum absolute atomic E-state index is 11.7. The predicted octanol–water partition coefficient (Wildman–Crippen LogP) is 2.32. The van der Waals surface area contributed by atoms with Gasteiger partial charge in [-0.15, -0.1) is 24.0 Å². The lowest BCUT2D eigenvalue weighted by atomic mass is 9.96. The van der Waals surface area contributed by atoms with Gasteiger partial charge >= 0.3 is 0 Å². The quantitative estimate of drug-likeness (QED) is 0.252. The second kappa shape index (κ2) is 11.9. The van der Waals surface area contributed by atoms with Gasteiger partial charge in [0, 0.05) is 25.6 Å². The summed E-state index contributed by atoms with van der Waals surface area (Å²) in [5, 5.41) is 9.21. The molecule has 0 aliphatic heterocycles. The van der Waals surface area contributed by atoms with Crippen molar-refractivity contribution in [2.75, 3.05) is 33.3 Å². The number of carbonyl (C=O) groups is 1. The van der Waals surface area contributed by atoms with Crippen LogP contribution in [0.4, 0.5) is 0 Å². The molecule has 0 fully saturated rings. The largest absolute Gasteiger partial charge is 0.492 e. The van der Waals surface area contributed by atoms with Crippen molar-refractivity contribution in [3.8, 4) is 5.75 Å². The Hall–Kier alpha value is -1.51. The van der Waals surface area contributed by atoms with Gasteiger partial charge in [0.15, 0.2) is 5.96 Å². The first-order valence-corrected chi connectivity index (χ1v) is 8.25. The van der Waals surface area contributed by atoms with E-state index in [-0.39, 0.29) is 35.3 Å². The minimum Gasteiger partial charge on any atom is -0.492 e. The monoisotopic (exact) mass is 462 g/mol. The zero-order valence-electron chi connectivity index (χ0n) is 15.8. The Balaban J connectivity index is 0.00000576. The molecule has 0 radical (unpaired) electrons. The topological polar surface area (TPSA) is 74.8 Å². The van der Waals surface area contributed by atoms with Gasteiger partial charge in [0.1, 0.15) is 12.4 Å². The van der Waals surface area contributed by atoms with Gasteiger partial charge < -0.3 is 20.7 Å². The summed E-state index contributed by atoms with van der Waals surface area (Å²) in [6, 6.07) is 7.96. The molecule has 0 aromatic heterocycles. The molecule has 1 aromatic rings. The number of aliphatic imine (C=N–C) groups is 1. The molecule has 6 nitrogen and oxygen atoms in total. The second-order valence-corrected chi connectivity index (χ2v) is 6.59. The van der Waals surface area contributed by atoms with Gasteiger partial charge in [0.05, 0.1) is 6.54 Å². The third-order valence-corrected chi connectivity index (χ3v) is 3.29. The number of guanidine groups is 1. The van der Waals surface area contributed by atoms with Crippen molar-refractivity contribution in [1.29, 1.82) is 0 Å². The molecule has 0 atom stereocenters. The van der Waals surface area contributed by atoms with Crippen molar-refractivity contribution < 1.29 is 9.53 Å². The highest BCUT2D eigenvalue weighted by atomic mass is 127. The third kappa shape index (κ3) is 10.2. The van der Waals surface area contributed by atoms with Gasteiger partial charge in [-0.1, -0.05) is 38.5 Å². The van der Waals surface area contributed by atoms with Crippen LogP contribution >= 0.6 is 24.0 Å². The summed E-state index contributed by atoms with van der Waals surface area (Å²) in [6.45, 7) is 10.1. The van der Waals surface area contributed by atoms with Crippen molar-refractivity contribution in [1.82, 2.24) is 16.0 Å². The number of amides is 1. The van der Waals surface area contributed by atoms with Crippen LogP contribution in [0.15, 0.2) is 29.3 Å². The number of aryl methyl sites for hydroxylation is 1. The number of benzene rings is 1. The predicted molar refractivity (Wildman–Crippen MR) is 114 cm³/mol. The Kier molecular flexibility index (Phi) is 11.2. The molecule has 0 aliphatic rings. The fraction of sp³-hybridized carbons (Fsp3) is 0.556. The van der Waals surface area contributed by atoms with E-state index in [1.807, 2.05) is 52.0 Å². The van der Waals surface area contributed by atoms with E-state index in [9.17, 15) is 4.79 Å². The van der Waals surface area contributed by atoms with Crippen molar-refractivity contribution >= 4 is 35.8 Å². The number of hydrogen-bond acceptors (Lipinski definition) is 3. The Bertz CT molecular complexity index is 539. The van der Waals surface area contributed by atoms with Crippen LogP contribution in [-0.4, -0.2) is 45.2 Å². The number of carbonyl (C=O) groups excluding carboxylic acids is 1. The molecule has 1 amide bonds. The SMILES string of the molecule is CN=C(NCCNC(=O)C(C)(C)C)NCCOc1ccc(C)cc1.I. The van der Waals surface area contributed by atoms with Crippen molar-refractivity contribution in [2.24, 2.45) is 10.4 Å².